The topological polar surface area (TPSA) is 127 Å². The Labute approximate surface area is 115 Å². The molecule has 8 nitrogen and oxygen atoms in total. The maximum Gasteiger partial charge on any atom is 0.242 e. The van der Waals surface area contributed by atoms with Crippen LogP contribution in [0.3, 0.4) is 0 Å². The van der Waals surface area contributed by atoms with Crippen molar-refractivity contribution in [3.63, 3.8) is 0 Å². The molecule has 104 valence electrons. The number of nitriles is 1. The van der Waals surface area contributed by atoms with Crippen LogP contribution in [0.15, 0.2) is 35.6 Å². The molecule has 2 aromatic heterocycles. The SMILES string of the molecule is N#Cc1ccc(S(=O)(=O)NCCn2cc(N)cn2)cn1. The molecule has 2 rings (SSSR count). The number of sulfonamides is 1. The summed E-state index contributed by atoms with van der Waals surface area (Å²) in [5.41, 5.74) is 6.18. The Balaban J connectivity index is 1.98. The Morgan fingerprint density at radius 2 is 2.20 bits per heavy atom. The first-order valence-electron chi connectivity index (χ1n) is 5.65. The average Bonchev–Trinajstić information content (AvgIpc) is 2.84. The summed E-state index contributed by atoms with van der Waals surface area (Å²) >= 11 is 0. The van der Waals surface area contributed by atoms with Crippen LogP contribution in [0.1, 0.15) is 5.69 Å². The Hall–Kier alpha value is -2.44. The molecule has 2 aromatic rings. The summed E-state index contributed by atoms with van der Waals surface area (Å²) in [6, 6.07) is 4.51. The fourth-order valence-electron chi connectivity index (χ4n) is 1.49. The third kappa shape index (κ3) is 3.31. The Morgan fingerprint density at radius 3 is 2.75 bits per heavy atom. The van der Waals surface area contributed by atoms with Crippen LogP contribution < -0.4 is 10.5 Å². The zero-order chi connectivity index (χ0) is 14.6. The molecule has 2 heterocycles. The summed E-state index contributed by atoms with van der Waals surface area (Å²) in [6.07, 6.45) is 4.24. The predicted molar refractivity (Wildman–Crippen MR) is 70.8 cm³/mol. The number of nitrogen functional groups attached to an aromatic ring is 1. The molecule has 0 unspecified atom stereocenters. The van der Waals surface area contributed by atoms with E-state index in [1.54, 1.807) is 6.20 Å². The van der Waals surface area contributed by atoms with Gasteiger partial charge in [-0.3, -0.25) is 4.68 Å². The molecule has 0 saturated carbocycles. The third-order valence-corrected chi connectivity index (χ3v) is 3.89. The maximum absolute atomic E-state index is 11.9. The van der Waals surface area contributed by atoms with Crippen molar-refractivity contribution in [1.82, 2.24) is 19.5 Å². The van der Waals surface area contributed by atoms with E-state index >= 15 is 0 Å². The lowest BCUT2D eigenvalue weighted by molar-refractivity contribution is 0.560. The Kier molecular flexibility index (Phi) is 3.97. The number of rotatable bonds is 5. The normalized spacial score (nSPS) is 11.2. The fourth-order valence-corrected chi connectivity index (χ4v) is 2.45. The number of anilines is 1. The van der Waals surface area contributed by atoms with Crippen LogP contribution in [0.4, 0.5) is 5.69 Å². The van der Waals surface area contributed by atoms with Crippen LogP contribution in [-0.2, 0) is 16.6 Å². The minimum absolute atomic E-state index is 0.0106. The number of hydrogen-bond donors (Lipinski definition) is 2. The molecule has 0 aliphatic carbocycles. The molecular formula is C11H12N6O2S. The highest BCUT2D eigenvalue weighted by atomic mass is 32.2. The van der Waals surface area contributed by atoms with Gasteiger partial charge in [-0.2, -0.15) is 10.4 Å². The van der Waals surface area contributed by atoms with Gasteiger partial charge < -0.3 is 5.73 Å². The van der Waals surface area contributed by atoms with Gasteiger partial charge in [0.1, 0.15) is 16.7 Å². The first-order chi connectivity index (χ1) is 9.51. The van der Waals surface area contributed by atoms with Gasteiger partial charge in [0.05, 0.1) is 18.4 Å². The van der Waals surface area contributed by atoms with Crippen LogP contribution in [0.5, 0.6) is 0 Å². The molecule has 0 atom stereocenters. The smallest absolute Gasteiger partial charge is 0.242 e. The second kappa shape index (κ2) is 5.68. The minimum atomic E-state index is -3.64. The Morgan fingerprint density at radius 1 is 1.40 bits per heavy atom. The molecule has 3 N–H and O–H groups in total. The monoisotopic (exact) mass is 292 g/mol. The van der Waals surface area contributed by atoms with E-state index in [4.69, 9.17) is 11.0 Å². The molecule has 0 amide bonds. The van der Waals surface area contributed by atoms with Crippen LogP contribution in [0.2, 0.25) is 0 Å². The van der Waals surface area contributed by atoms with Gasteiger partial charge in [-0.1, -0.05) is 0 Å². The van der Waals surface area contributed by atoms with Crippen LogP contribution >= 0.6 is 0 Å². The summed E-state index contributed by atoms with van der Waals surface area (Å²) in [7, 11) is -3.64. The summed E-state index contributed by atoms with van der Waals surface area (Å²) in [5.74, 6) is 0. The van der Waals surface area contributed by atoms with E-state index in [0.717, 1.165) is 6.20 Å². The van der Waals surface area contributed by atoms with E-state index < -0.39 is 10.0 Å². The first kappa shape index (κ1) is 14.0. The molecule has 0 saturated heterocycles. The third-order valence-electron chi connectivity index (χ3n) is 2.45. The standard InChI is InChI=1S/C11H12N6O2S/c12-5-10-1-2-11(7-14-10)20(18,19)16-3-4-17-8-9(13)6-15-17/h1-2,6-8,16H,3-4,13H2. The van der Waals surface area contributed by atoms with Gasteiger partial charge in [-0.25, -0.2) is 18.1 Å². The van der Waals surface area contributed by atoms with Crippen molar-refractivity contribution in [1.29, 1.82) is 5.26 Å². The number of nitrogens with zero attached hydrogens (tertiary/aromatic N) is 4. The highest BCUT2D eigenvalue weighted by molar-refractivity contribution is 7.89. The predicted octanol–water partition coefficient (Wildman–Crippen LogP) is -0.290. The number of nitrogens with two attached hydrogens (primary N) is 1. The van der Waals surface area contributed by atoms with E-state index in [2.05, 4.69) is 14.8 Å². The first-order valence-corrected chi connectivity index (χ1v) is 7.13. The average molecular weight is 292 g/mol. The highest BCUT2D eigenvalue weighted by Crippen LogP contribution is 2.07. The maximum atomic E-state index is 11.9. The van der Waals surface area contributed by atoms with Crippen molar-refractivity contribution in [2.45, 2.75) is 11.4 Å². The molecule has 9 heteroatoms. The summed E-state index contributed by atoms with van der Waals surface area (Å²) in [6.45, 7) is 0.531. The largest absolute Gasteiger partial charge is 0.396 e. The molecule has 0 aliphatic heterocycles. The van der Waals surface area contributed by atoms with Crippen LogP contribution in [0, 0.1) is 11.3 Å². The zero-order valence-corrected chi connectivity index (χ0v) is 11.2. The fraction of sp³-hybridized carbons (Fsp3) is 0.182. The van der Waals surface area contributed by atoms with E-state index in [1.807, 2.05) is 6.07 Å². The lowest BCUT2D eigenvalue weighted by Gasteiger charge is -2.06. The van der Waals surface area contributed by atoms with E-state index in [0.29, 0.717) is 12.2 Å². The van der Waals surface area contributed by atoms with E-state index in [-0.39, 0.29) is 17.1 Å². The second-order valence-corrected chi connectivity index (χ2v) is 5.69. The molecule has 0 radical (unpaired) electrons. The molecule has 0 aromatic carbocycles. The summed E-state index contributed by atoms with van der Waals surface area (Å²) in [4.78, 5) is 3.73. The van der Waals surface area contributed by atoms with Crippen molar-refractivity contribution in [3.8, 4) is 6.07 Å². The van der Waals surface area contributed by atoms with E-state index in [1.165, 1.54) is 23.0 Å². The zero-order valence-electron chi connectivity index (χ0n) is 10.4. The number of pyridine rings is 1. The van der Waals surface area contributed by atoms with Gasteiger partial charge in [0.2, 0.25) is 10.0 Å². The molecule has 0 bridgehead atoms. The number of nitrogens with one attached hydrogen (secondary N) is 1. The lowest BCUT2D eigenvalue weighted by Crippen LogP contribution is -2.27. The van der Waals surface area contributed by atoms with E-state index in [9.17, 15) is 8.42 Å². The van der Waals surface area contributed by atoms with Gasteiger partial charge in [0, 0.05) is 18.9 Å². The molecule has 0 aliphatic rings. The van der Waals surface area contributed by atoms with Gasteiger partial charge in [0.15, 0.2) is 0 Å². The van der Waals surface area contributed by atoms with Gasteiger partial charge in [0.25, 0.3) is 0 Å². The van der Waals surface area contributed by atoms with Crippen molar-refractivity contribution in [3.05, 3.63) is 36.4 Å². The van der Waals surface area contributed by atoms with Crippen LogP contribution in [0.25, 0.3) is 0 Å². The number of aromatic nitrogens is 3. The van der Waals surface area contributed by atoms with Crippen molar-refractivity contribution in [2.75, 3.05) is 12.3 Å². The minimum Gasteiger partial charge on any atom is -0.396 e. The quantitative estimate of drug-likeness (QED) is 0.779. The molecule has 0 spiro atoms. The summed E-state index contributed by atoms with van der Waals surface area (Å²) < 4.78 is 27.8. The van der Waals surface area contributed by atoms with Crippen molar-refractivity contribution in [2.24, 2.45) is 0 Å². The Bertz CT molecular complexity index is 729. The van der Waals surface area contributed by atoms with Crippen LogP contribution in [-0.4, -0.2) is 29.7 Å². The lowest BCUT2D eigenvalue weighted by atomic mass is 10.4. The highest BCUT2D eigenvalue weighted by Gasteiger charge is 2.13. The van der Waals surface area contributed by atoms with Crippen molar-refractivity contribution >= 4 is 15.7 Å². The molecule has 0 fully saturated rings. The summed E-state index contributed by atoms with van der Waals surface area (Å²) in [5, 5.41) is 12.5. The second-order valence-electron chi connectivity index (χ2n) is 3.93. The molecular weight excluding hydrogens is 280 g/mol. The molecule has 20 heavy (non-hydrogen) atoms. The number of hydrogen-bond acceptors (Lipinski definition) is 6. The van der Waals surface area contributed by atoms with Gasteiger partial charge in [-0.15, -0.1) is 0 Å². The van der Waals surface area contributed by atoms with Gasteiger partial charge in [-0.05, 0) is 12.1 Å². The van der Waals surface area contributed by atoms with Crippen molar-refractivity contribution < 1.29 is 8.42 Å². The van der Waals surface area contributed by atoms with Gasteiger partial charge >= 0.3 is 0 Å².